The first-order chi connectivity index (χ1) is 67.8. The number of aldehydes is 1. The Balaban J connectivity index is 1.10. The van der Waals surface area contributed by atoms with Gasteiger partial charge in [-0.05, 0) is 147 Å². The Kier molecular flexibility index (Phi) is 50.6. The number of aliphatic carboxylic acids is 1. The molecule has 50 nitrogen and oxygen atoms in total. The number of nitrogens with zero attached hydrogens (tertiary/aromatic N) is 4. The fourth-order valence-electron chi connectivity index (χ4n) is 16.4. The van der Waals surface area contributed by atoms with E-state index in [-0.39, 0.29) is 130 Å². The molecule has 3 aliphatic rings. The number of hydrogen-bond donors (Lipinski definition) is 23. The van der Waals surface area contributed by atoms with Crippen molar-refractivity contribution in [2.45, 2.75) is 342 Å². The highest BCUT2D eigenvalue weighted by Gasteiger charge is 2.45. The van der Waals surface area contributed by atoms with Crippen LogP contribution >= 0.6 is 0 Å². The Hall–Kier alpha value is -13.4. The molecule has 802 valence electrons. The summed E-state index contributed by atoms with van der Waals surface area (Å²) in [6, 6.07) is -21.6. The molecule has 24 N–H and O–H groups in total. The number of aliphatic hydroxyl groups is 1. The summed E-state index contributed by atoms with van der Waals surface area (Å²) in [6.45, 7) is 24.8. The average Bonchev–Trinajstić information content (AvgIpc) is 1.38. The third-order valence-corrected chi connectivity index (χ3v) is 24.2. The molecule has 20 amide bonds. The first-order valence-electron chi connectivity index (χ1n) is 49.3. The number of H-pyrrole nitrogens is 2. The van der Waals surface area contributed by atoms with Crippen molar-refractivity contribution in [2.24, 2.45) is 41.2 Å². The number of aromatic amines is 2. The number of likely N-dealkylation sites (tertiary alicyclic amines) is 2. The van der Waals surface area contributed by atoms with E-state index in [9.17, 15) is 120 Å². The number of nitrogens with one attached hydrogen (secondary N) is 20. The van der Waals surface area contributed by atoms with Crippen molar-refractivity contribution in [1.82, 2.24) is 125 Å². The van der Waals surface area contributed by atoms with Crippen LogP contribution in [0.5, 0.6) is 0 Å². The number of Topliss-reactive ketones (excluding diaryl/α,β-unsaturated/α-hetero) is 1. The summed E-state index contributed by atoms with van der Waals surface area (Å²) in [7, 11) is 0. The van der Waals surface area contributed by atoms with Crippen LogP contribution in [0.4, 0.5) is 0 Å². The predicted molar refractivity (Wildman–Crippen MR) is 518 cm³/mol. The first-order valence-corrected chi connectivity index (χ1v) is 49.3. The second-order valence-electron chi connectivity index (χ2n) is 39.2. The Morgan fingerprint density at radius 2 is 0.882 bits per heavy atom. The van der Waals surface area contributed by atoms with Crippen molar-refractivity contribution in [3.05, 3.63) is 36.4 Å². The molecule has 0 aromatic carbocycles. The Morgan fingerprint density at radius 3 is 1.39 bits per heavy atom. The molecule has 3 saturated heterocycles. The van der Waals surface area contributed by atoms with Crippen molar-refractivity contribution in [3.8, 4) is 0 Å². The van der Waals surface area contributed by atoms with E-state index in [1.54, 1.807) is 41.5 Å². The van der Waals surface area contributed by atoms with Crippen molar-refractivity contribution >= 4 is 136 Å². The minimum atomic E-state index is -1.81. The Morgan fingerprint density at radius 1 is 0.451 bits per heavy atom. The molecule has 2 aromatic rings. The highest BCUT2D eigenvalue weighted by molar-refractivity contribution is 6.02. The number of imidazole rings is 2. The molecule has 0 radical (unpaired) electrons. The number of primary amides is 1. The minimum Gasteiger partial charge on any atom is -0.480 e. The molecule has 144 heavy (non-hydrogen) atoms. The van der Waals surface area contributed by atoms with Gasteiger partial charge >= 0.3 is 5.97 Å². The summed E-state index contributed by atoms with van der Waals surface area (Å²) in [5.41, 5.74) is 5.99. The lowest BCUT2D eigenvalue weighted by Crippen LogP contribution is -2.61. The largest absolute Gasteiger partial charge is 0.480 e. The van der Waals surface area contributed by atoms with Gasteiger partial charge in [0, 0.05) is 57.6 Å². The molecule has 3 fully saturated rings. The molecule has 5 rings (SSSR count). The van der Waals surface area contributed by atoms with Gasteiger partial charge in [-0.1, -0.05) is 89.5 Å². The molecule has 0 unspecified atom stereocenters. The molecule has 3 aliphatic heterocycles. The summed E-state index contributed by atoms with van der Waals surface area (Å²) in [5, 5.41) is 65.9. The number of aliphatic hydroxyl groups excluding tert-OH is 1. The van der Waals surface area contributed by atoms with Crippen molar-refractivity contribution in [3.63, 3.8) is 0 Å². The van der Waals surface area contributed by atoms with Crippen LogP contribution in [-0.2, 0) is 123 Å². The maximum absolute atomic E-state index is 14.3. The van der Waals surface area contributed by atoms with Gasteiger partial charge in [-0.15, -0.1) is 0 Å². The molecule has 0 aliphatic carbocycles. The van der Waals surface area contributed by atoms with Gasteiger partial charge in [0.25, 0.3) is 0 Å². The molecule has 2 aromatic heterocycles. The number of carbonyl (C=O) groups is 23. The number of rotatable bonds is 63. The standard InChI is InChI=1S/C94H151N25O25/c1-17-52(12)77(90(139)113-64(32-49(6)7)87(136)117-78(56(16)121)91(140)115-69(94(143)144)34-51(10)11)116-76(127)43-100-80(129)54(14)105-81(130)55(15)106-84(133)66(37-58-40-97-46-103-58)112-86(135)67(38-72(95)123)109-75(126)42-99-79(128)53(13)104-74(125)41-101-82(131)65(36-57-39-96-45-102-57)111-85(134)63(31-48(4)5)110-83(132)62(30-47(2)3)98-27-19-18-22-60(122)35-59(44-120)107-88(137)70-23-20-29-119(70)93(142)68(33-50(8)9)114-89(138)71-24-21-28-118(71)92(141)61-25-26-73(124)108-61/h39-40,44-56,59,61-71,77-78,98,121H,17-38,41-43H2,1-16H3,(H2,95,123)(H,96,102)(H,97,103)(H,99,128)(H,100,129)(H,101,131)(H,104,125)(H,105,130)(H,106,133)(H,107,137)(H,108,124)(H,109,126)(H,110,132)(H,111,134)(H,112,135)(H,113,139)(H,114,138)(H,115,140)(H,116,127)(H,117,136)(H,143,144)/t52-,53-,54-,55-,56+,59-,61-,62-,63-,64-,65-,66-,67-,68-,69-,70-,71-,77-,78-/m0/s1. The second-order valence-corrected chi connectivity index (χ2v) is 39.2. The minimum absolute atomic E-state index is 0.000938. The third-order valence-electron chi connectivity index (χ3n) is 24.2. The lowest BCUT2D eigenvalue weighted by molar-refractivity contribution is -0.144. The van der Waals surface area contributed by atoms with E-state index >= 15 is 0 Å². The Bertz CT molecular complexity index is 4740. The first kappa shape index (κ1) is 121. The number of carbonyl (C=O) groups excluding carboxylic acids is 22. The summed E-state index contributed by atoms with van der Waals surface area (Å²) in [4.78, 5) is 326. The van der Waals surface area contributed by atoms with Crippen molar-refractivity contribution in [2.75, 3.05) is 39.3 Å². The molecular formula is C94H151N25O25. The van der Waals surface area contributed by atoms with E-state index in [1.807, 2.05) is 41.5 Å². The van der Waals surface area contributed by atoms with E-state index in [4.69, 9.17) is 5.73 Å². The molecule has 0 bridgehead atoms. The van der Waals surface area contributed by atoms with Gasteiger partial charge in [-0.25, -0.2) is 14.8 Å². The predicted octanol–water partition coefficient (Wildman–Crippen LogP) is -5.21. The normalized spacial score (nSPS) is 17.8. The molecule has 0 spiro atoms. The van der Waals surface area contributed by atoms with E-state index < -0.39 is 253 Å². The van der Waals surface area contributed by atoms with Crippen LogP contribution < -0.4 is 101 Å². The summed E-state index contributed by atoms with van der Waals surface area (Å²) < 4.78 is 0. The van der Waals surface area contributed by atoms with Gasteiger partial charge in [0.2, 0.25) is 118 Å². The monoisotopic (exact) mass is 2030 g/mol. The number of carboxylic acids is 1. The zero-order chi connectivity index (χ0) is 108. The van der Waals surface area contributed by atoms with Gasteiger partial charge < -0.3 is 136 Å². The molecule has 5 heterocycles. The zero-order valence-corrected chi connectivity index (χ0v) is 85.1. The molecular weight excluding hydrogens is 1880 g/mol. The number of unbranched alkanes of at least 4 members (excludes halogenated alkanes) is 1. The lowest BCUT2D eigenvalue weighted by Gasteiger charge is -2.32. The number of nitrogens with two attached hydrogens (primary N) is 1. The maximum Gasteiger partial charge on any atom is 0.326 e. The van der Waals surface area contributed by atoms with Gasteiger partial charge in [0.15, 0.2) is 0 Å². The third kappa shape index (κ3) is 41.5. The van der Waals surface area contributed by atoms with Crippen LogP contribution in [0.2, 0.25) is 0 Å². The smallest absolute Gasteiger partial charge is 0.326 e. The second kappa shape index (κ2) is 60.2. The maximum atomic E-state index is 14.3. The van der Waals surface area contributed by atoms with Crippen LogP contribution in [0.25, 0.3) is 0 Å². The van der Waals surface area contributed by atoms with Crippen LogP contribution in [0.15, 0.2) is 25.0 Å². The van der Waals surface area contributed by atoms with Crippen molar-refractivity contribution < 1.29 is 120 Å². The van der Waals surface area contributed by atoms with Gasteiger partial charge in [0.1, 0.15) is 103 Å². The van der Waals surface area contributed by atoms with Crippen LogP contribution in [-0.4, -0.2) is 324 Å². The van der Waals surface area contributed by atoms with E-state index in [0.717, 1.165) is 0 Å². The number of hydrogen-bond acceptors (Lipinski definition) is 27. The number of ketones is 1. The fourth-order valence-corrected chi connectivity index (χ4v) is 16.4. The van der Waals surface area contributed by atoms with Gasteiger partial charge in [-0.2, -0.15) is 0 Å². The topological polar surface area (TPSA) is 739 Å². The SMILES string of the molecule is CC[C@H](C)[C@H](NC(=O)CNC(=O)[C@H](C)NC(=O)[C@H](C)NC(=O)[C@H](Cc1c[nH]cn1)NC(=O)[C@H](CC(N)=O)NC(=O)CNC(=O)[C@H](C)NC(=O)CNC(=O)[C@H](Cc1c[nH]cn1)NC(=O)[C@H](CC(C)C)NC(=O)[C@H](CC(C)C)NCCCCC(=O)C[C@@H](C=O)NC(=O)[C@@H]1CCCN1C(=O)[C@H](CC(C)C)NC(=O)[C@@H]1CCCN1C(=O)[C@@H]1CCC(=O)N1)C(=O)N[C@@H](CC(C)C)C(=O)N[C@H](C(=O)N[C@@H](CC(C)C)C(=O)O)[C@@H](C)O. The number of aromatic nitrogens is 4. The zero-order valence-electron chi connectivity index (χ0n) is 85.1. The van der Waals surface area contributed by atoms with E-state index in [0.29, 0.717) is 69.9 Å². The molecule has 19 atom stereocenters. The quantitative estimate of drug-likeness (QED) is 0.0217. The number of carboxylic acid groups (broad SMARTS) is 1. The van der Waals surface area contributed by atoms with Crippen LogP contribution in [0, 0.1) is 35.5 Å². The highest BCUT2D eigenvalue weighted by Crippen LogP contribution is 2.26. The summed E-state index contributed by atoms with van der Waals surface area (Å²) in [6.07, 6.45) is 6.43. The average molecular weight is 2030 g/mol. The van der Waals surface area contributed by atoms with E-state index in [2.05, 4.69) is 116 Å². The number of amides is 20. The molecule has 50 heteroatoms. The lowest BCUT2D eigenvalue weighted by atomic mass is 9.96. The van der Waals surface area contributed by atoms with Crippen LogP contribution in [0.3, 0.4) is 0 Å². The van der Waals surface area contributed by atoms with E-state index in [1.165, 1.54) is 62.5 Å². The molecule has 0 saturated carbocycles. The van der Waals surface area contributed by atoms with Gasteiger partial charge in [0.05, 0.1) is 68.3 Å². The van der Waals surface area contributed by atoms with Gasteiger partial charge in [-0.3, -0.25) is 101 Å². The highest BCUT2D eigenvalue weighted by atomic mass is 16.4. The summed E-state index contributed by atoms with van der Waals surface area (Å²) >= 11 is 0. The van der Waals surface area contributed by atoms with Crippen LogP contribution in [0.1, 0.15) is 231 Å². The Labute approximate surface area is 837 Å². The van der Waals surface area contributed by atoms with Crippen molar-refractivity contribution in [1.29, 1.82) is 0 Å². The summed E-state index contributed by atoms with van der Waals surface area (Å²) in [5.74, 6) is -19.1. The fraction of sp³-hybridized carbons (Fsp3) is 0.691.